The highest BCUT2D eigenvalue weighted by atomic mass is 35.5. The van der Waals surface area contributed by atoms with Gasteiger partial charge in [-0.2, -0.15) is 0 Å². The summed E-state index contributed by atoms with van der Waals surface area (Å²) in [4.78, 5) is 16.6. The minimum absolute atomic E-state index is 0.0304. The molecule has 0 aliphatic rings. The lowest BCUT2D eigenvalue weighted by Gasteiger charge is -2.19. The monoisotopic (exact) mass is 287 g/mol. The van der Waals surface area contributed by atoms with Gasteiger partial charge < -0.3 is 4.42 Å². The molecule has 0 N–H and O–H groups in total. The molecule has 0 saturated heterocycles. The van der Waals surface area contributed by atoms with Crippen LogP contribution in [-0.2, 0) is 5.41 Å². The standard InChI is InChI=1S/C16H14ClNO2/c1-16(2,3)9-4-5-11-10(8-9)15(19)14-12(20-11)6-7-13(17)18-14/h4-8H,1-3H3. The van der Waals surface area contributed by atoms with E-state index in [4.69, 9.17) is 16.0 Å². The fraction of sp³-hybridized carbons (Fsp3) is 0.250. The lowest BCUT2D eigenvalue weighted by atomic mass is 9.86. The largest absolute Gasteiger partial charge is 0.454 e. The lowest BCUT2D eigenvalue weighted by Crippen LogP contribution is -2.12. The number of nitrogens with zero attached hydrogens (tertiary/aromatic N) is 1. The molecule has 0 fully saturated rings. The number of halogens is 1. The minimum atomic E-state index is -0.144. The second-order valence-corrected chi connectivity index (χ2v) is 6.26. The van der Waals surface area contributed by atoms with Gasteiger partial charge in [-0.25, -0.2) is 4.98 Å². The van der Waals surface area contributed by atoms with Crippen molar-refractivity contribution in [3.05, 3.63) is 51.3 Å². The normalized spacial score (nSPS) is 12.2. The Morgan fingerprint density at radius 1 is 1.10 bits per heavy atom. The summed E-state index contributed by atoms with van der Waals surface area (Å²) in [5, 5.41) is 0.829. The first-order valence-electron chi connectivity index (χ1n) is 6.40. The van der Waals surface area contributed by atoms with E-state index in [-0.39, 0.29) is 21.5 Å². The maximum absolute atomic E-state index is 12.5. The van der Waals surface area contributed by atoms with E-state index in [2.05, 4.69) is 25.8 Å². The predicted molar refractivity (Wildman–Crippen MR) is 81.5 cm³/mol. The Morgan fingerprint density at radius 3 is 2.50 bits per heavy atom. The summed E-state index contributed by atoms with van der Waals surface area (Å²) in [5.74, 6) is 0. The van der Waals surface area contributed by atoms with Crippen molar-refractivity contribution in [2.24, 2.45) is 0 Å². The zero-order valence-corrected chi connectivity index (χ0v) is 12.3. The molecule has 3 nitrogen and oxygen atoms in total. The zero-order valence-electron chi connectivity index (χ0n) is 11.5. The third-order valence-corrected chi connectivity index (χ3v) is 3.56. The van der Waals surface area contributed by atoms with E-state index in [0.29, 0.717) is 16.6 Å². The van der Waals surface area contributed by atoms with Gasteiger partial charge in [0.25, 0.3) is 0 Å². The number of benzene rings is 1. The Bertz CT molecular complexity index is 875. The molecule has 0 bridgehead atoms. The minimum Gasteiger partial charge on any atom is -0.454 e. The van der Waals surface area contributed by atoms with Crippen molar-refractivity contribution in [2.75, 3.05) is 0 Å². The van der Waals surface area contributed by atoms with Gasteiger partial charge in [0, 0.05) is 0 Å². The van der Waals surface area contributed by atoms with Gasteiger partial charge in [-0.1, -0.05) is 38.4 Å². The molecule has 3 aromatic rings. The second kappa shape index (κ2) is 4.32. The highest BCUT2D eigenvalue weighted by molar-refractivity contribution is 6.29. The van der Waals surface area contributed by atoms with Crippen LogP contribution >= 0.6 is 11.6 Å². The molecule has 0 atom stereocenters. The molecule has 20 heavy (non-hydrogen) atoms. The molecule has 0 unspecified atom stereocenters. The summed E-state index contributed by atoms with van der Waals surface area (Å²) in [6.45, 7) is 6.31. The van der Waals surface area contributed by atoms with Crippen LogP contribution in [0.1, 0.15) is 26.3 Å². The summed E-state index contributed by atoms with van der Waals surface area (Å²) in [6.07, 6.45) is 0. The first-order valence-corrected chi connectivity index (χ1v) is 6.78. The molecular formula is C16H14ClNO2. The summed E-state index contributed by atoms with van der Waals surface area (Å²) in [7, 11) is 0. The van der Waals surface area contributed by atoms with Crippen LogP contribution in [0.2, 0.25) is 5.15 Å². The van der Waals surface area contributed by atoms with E-state index in [1.54, 1.807) is 12.1 Å². The van der Waals surface area contributed by atoms with Gasteiger partial charge >= 0.3 is 0 Å². The van der Waals surface area contributed by atoms with Crippen molar-refractivity contribution >= 4 is 33.7 Å². The van der Waals surface area contributed by atoms with Crippen molar-refractivity contribution < 1.29 is 4.42 Å². The average Bonchev–Trinajstić information content (AvgIpc) is 2.38. The van der Waals surface area contributed by atoms with Gasteiger partial charge in [0.2, 0.25) is 5.43 Å². The van der Waals surface area contributed by atoms with E-state index in [9.17, 15) is 4.79 Å². The summed E-state index contributed by atoms with van der Waals surface area (Å²) < 4.78 is 5.73. The molecule has 2 aromatic heterocycles. The van der Waals surface area contributed by atoms with Crippen LogP contribution in [-0.4, -0.2) is 4.98 Å². The zero-order chi connectivity index (χ0) is 14.5. The van der Waals surface area contributed by atoms with Crippen LogP contribution in [0, 0.1) is 0 Å². The third kappa shape index (κ3) is 2.08. The number of rotatable bonds is 0. The summed E-state index contributed by atoms with van der Waals surface area (Å²) in [6, 6.07) is 8.99. The lowest BCUT2D eigenvalue weighted by molar-refractivity contribution is 0.590. The fourth-order valence-corrected chi connectivity index (χ4v) is 2.32. The van der Waals surface area contributed by atoms with Crippen molar-refractivity contribution in [1.29, 1.82) is 0 Å². The van der Waals surface area contributed by atoms with Crippen LogP contribution in [0.4, 0.5) is 0 Å². The van der Waals surface area contributed by atoms with E-state index in [1.165, 1.54) is 0 Å². The van der Waals surface area contributed by atoms with Crippen LogP contribution < -0.4 is 5.43 Å². The molecule has 0 spiro atoms. The molecule has 2 heterocycles. The van der Waals surface area contributed by atoms with Crippen molar-refractivity contribution in [3.63, 3.8) is 0 Å². The molecule has 3 rings (SSSR count). The quantitative estimate of drug-likeness (QED) is 0.457. The molecular weight excluding hydrogens is 274 g/mol. The topological polar surface area (TPSA) is 43.1 Å². The molecule has 0 amide bonds. The average molecular weight is 288 g/mol. The molecule has 0 aliphatic heterocycles. The second-order valence-electron chi connectivity index (χ2n) is 5.87. The number of aromatic nitrogens is 1. The van der Waals surface area contributed by atoms with Crippen molar-refractivity contribution in [1.82, 2.24) is 4.98 Å². The van der Waals surface area contributed by atoms with Crippen LogP contribution in [0.25, 0.3) is 22.1 Å². The van der Waals surface area contributed by atoms with Crippen molar-refractivity contribution in [2.45, 2.75) is 26.2 Å². The van der Waals surface area contributed by atoms with E-state index >= 15 is 0 Å². The van der Waals surface area contributed by atoms with Crippen LogP contribution in [0.15, 0.2) is 39.5 Å². The van der Waals surface area contributed by atoms with Gasteiger partial charge in [0.15, 0.2) is 11.1 Å². The van der Waals surface area contributed by atoms with Crippen LogP contribution in [0.5, 0.6) is 0 Å². The first kappa shape index (κ1) is 13.1. The molecule has 0 aliphatic carbocycles. The molecule has 102 valence electrons. The van der Waals surface area contributed by atoms with E-state index in [0.717, 1.165) is 5.56 Å². The molecule has 4 heteroatoms. The Kier molecular flexibility index (Phi) is 2.83. The molecule has 0 saturated carbocycles. The first-order chi connectivity index (χ1) is 9.36. The number of hydrogen-bond donors (Lipinski definition) is 0. The van der Waals surface area contributed by atoms with Gasteiger partial charge in [-0.05, 0) is 35.2 Å². The predicted octanol–water partition coefficient (Wildman–Crippen LogP) is 4.29. The smallest absolute Gasteiger partial charge is 0.219 e. The Hall–Kier alpha value is -1.87. The highest BCUT2D eigenvalue weighted by Gasteiger charge is 2.16. The Labute approximate surface area is 121 Å². The number of hydrogen-bond acceptors (Lipinski definition) is 3. The molecule has 0 radical (unpaired) electrons. The maximum Gasteiger partial charge on any atom is 0.219 e. The number of pyridine rings is 1. The Balaban J connectivity index is 2.43. The Morgan fingerprint density at radius 2 is 1.80 bits per heavy atom. The van der Waals surface area contributed by atoms with Crippen LogP contribution in [0.3, 0.4) is 0 Å². The van der Waals surface area contributed by atoms with E-state index < -0.39 is 0 Å². The number of fused-ring (bicyclic) bond motifs is 2. The van der Waals surface area contributed by atoms with Gasteiger partial charge in [0.1, 0.15) is 10.7 Å². The summed E-state index contributed by atoms with van der Waals surface area (Å²) in [5.41, 5.74) is 2.21. The third-order valence-electron chi connectivity index (χ3n) is 3.35. The summed E-state index contributed by atoms with van der Waals surface area (Å²) >= 11 is 5.85. The van der Waals surface area contributed by atoms with Crippen molar-refractivity contribution in [3.8, 4) is 0 Å². The van der Waals surface area contributed by atoms with Gasteiger partial charge in [-0.3, -0.25) is 4.79 Å². The highest BCUT2D eigenvalue weighted by Crippen LogP contribution is 2.26. The molecule has 1 aromatic carbocycles. The van der Waals surface area contributed by atoms with Gasteiger partial charge in [-0.15, -0.1) is 0 Å². The fourth-order valence-electron chi connectivity index (χ4n) is 2.18. The SMILES string of the molecule is CC(C)(C)c1ccc2oc3ccc(Cl)nc3c(=O)c2c1. The van der Waals surface area contributed by atoms with E-state index in [1.807, 2.05) is 18.2 Å². The van der Waals surface area contributed by atoms with Gasteiger partial charge in [0.05, 0.1) is 5.39 Å². The maximum atomic E-state index is 12.5.